The van der Waals surface area contributed by atoms with Crippen LogP contribution in [0.25, 0.3) is 0 Å². The average Bonchev–Trinajstić information content (AvgIpc) is 2.80. The lowest BCUT2D eigenvalue weighted by Crippen LogP contribution is -2.50. The number of carbonyl (C=O) groups is 2. The molecule has 1 N–H and O–H groups in total. The lowest BCUT2D eigenvalue weighted by atomic mass is 10.0. The van der Waals surface area contributed by atoms with Crippen molar-refractivity contribution < 1.29 is 19.1 Å². The normalized spacial score (nSPS) is 12.7. The van der Waals surface area contributed by atoms with E-state index in [1.54, 1.807) is 18.9 Å². The number of methoxy groups -OCH3 is 1. The third-order valence-electron chi connectivity index (χ3n) is 5.59. The predicted molar refractivity (Wildman–Crippen MR) is 127 cm³/mol. The first kappa shape index (κ1) is 25.2. The molecule has 0 radical (unpaired) electrons. The highest BCUT2D eigenvalue weighted by atomic mass is 16.5. The SMILES string of the molecule is CC[C@H](C)NC(=O)[C@@H](C)N(Cc1ccc(OC)cc1)C(=O)COc1ccc(C(C)C)cc1. The van der Waals surface area contributed by atoms with Gasteiger partial charge in [0.2, 0.25) is 5.91 Å². The molecule has 0 fully saturated rings. The molecule has 0 bridgehead atoms. The minimum absolute atomic E-state index is 0.0404. The van der Waals surface area contributed by atoms with E-state index in [1.165, 1.54) is 5.56 Å². The fraction of sp³-hybridized carbons (Fsp3) is 0.462. The van der Waals surface area contributed by atoms with Gasteiger partial charge in [-0.3, -0.25) is 9.59 Å². The van der Waals surface area contributed by atoms with Crippen molar-refractivity contribution in [2.24, 2.45) is 0 Å². The molecule has 0 unspecified atom stereocenters. The monoisotopic (exact) mass is 440 g/mol. The quantitative estimate of drug-likeness (QED) is 0.557. The number of amides is 2. The molecule has 2 aromatic rings. The maximum atomic E-state index is 13.1. The van der Waals surface area contributed by atoms with Gasteiger partial charge in [0.15, 0.2) is 6.61 Å². The first-order valence-corrected chi connectivity index (χ1v) is 11.2. The standard InChI is InChI=1S/C26H36N2O4/c1-7-19(4)27-26(30)20(5)28(16-21-8-12-23(31-6)13-9-21)25(29)17-32-24-14-10-22(11-15-24)18(2)3/h8-15,18-20H,7,16-17H2,1-6H3,(H,27,30)/t19-,20+/m0/s1. The summed E-state index contributed by atoms with van der Waals surface area (Å²) in [6, 6.07) is 14.6. The van der Waals surface area contributed by atoms with Crippen LogP contribution >= 0.6 is 0 Å². The van der Waals surface area contributed by atoms with Gasteiger partial charge in [-0.2, -0.15) is 0 Å². The van der Waals surface area contributed by atoms with Crippen molar-refractivity contribution in [3.05, 3.63) is 59.7 Å². The minimum atomic E-state index is -0.634. The Morgan fingerprint density at radius 1 is 0.938 bits per heavy atom. The average molecular weight is 441 g/mol. The number of hydrogen-bond donors (Lipinski definition) is 1. The number of ether oxygens (including phenoxy) is 2. The van der Waals surface area contributed by atoms with Crippen LogP contribution in [0.1, 0.15) is 58.1 Å². The van der Waals surface area contributed by atoms with Crippen molar-refractivity contribution >= 4 is 11.8 Å². The molecule has 0 aliphatic rings. The fourth-order valence-electron chi connectivity index (χ4n) is 3.15. The van der Waals surface area contributed by atoms with Gasteiger partial charge in [0.05, 0.1) is 7.11 Å². The topological polar surface area (TPSA) is 67.9 Å². The van der Waals surface area contributed by atoms with E-state index in [1.807, 2.05) is 62.4 Å². The van der Waals surface area contributed by atoms with Gasteiger partial charge in [0.25, 0.3) is 5.91 Å². The number of benzene rings is 2. The zero-order valence-corrected chi connectivity index (χ0v) is 20.1. The van der Waals surface area contributed by atoms with E-state index in [9.17, 15) is 9.59 Å². The molecule has 32 heavy (non-hydrogen) atoms. The summed E-state index contributed by atoms with van der Waals surface area (Å²) in [5, 5.41) is 2.97. The third-order valence-corrected chi connectivity index (χ3v) is 5.59. The molecular formula is C26H36N2O4. The van der Waals surface area contributed by atoms with Crippen LogP contribution in [0.4, 0.5) is 0 Å². The Morgan fingerprint density at radius 2 is 1.53 bits per heavy atom. The summed E-state index contributed by atoms with van der Waals surface area (Å²) in [5.74, 6) is 1.37. The van der Waals surface area contributed by atoms with E-state index in [2.05, 4.69) is 19.2 Å². The molecule has 0 aliphatic heterocycles. The Morgan fingerprint density at radius 3 is 2.06 bits per heavy atom. The minimum Gasteiger partial charge on any atom is -0.497 e. The molecule has 6 heteroatoms. The van der Waals surface area contributed by atoms with E-state index in [4.69, 9.17) is 9.47 Å². The highest BCUT2D eigenvalue weighted by Gasteiger charge is 2.27. The van der Waals surface area contributed by atoms with Crippen LogP contribution in [0.2, 0.25) is 0 Å². The second-order valence-corrected chi connectivity index (χ2v) is 8.38. The Bertz CT molecular complexity index is 862. The Kier molecular flexibility index (Phi) is 9.57. The molecule has 2 atom stereocenters. The zero-order chi connectivity index (χ0) is 23.7. The summed E-state index contributed by atoms with van der Waals surface area (Å²) >= 11 is 0. The van der Waals surface area contributed by atoms with Gasteiger partial charge in [-0.25, -0.2) is 0 Å². The Hall–Kier alpha value is -3.02. The summed E-state index contributed by atoms with van der Waals surface area (Å²) in [5.41, 5.74) is 2.11. The van der Waals surface area contributed by atoms with E-state index >= 15 is 0 Å². The van der Waals surface area contributed by atoms with Crippen molar-refractivity contribution in [1.29, 1.82) is 0 Å². The molecule has 0 heterocycles. The van der Waals surface area contributed by atoms with Gasteiger partial charge in [0.1, 0.15) is 17.5 Å². The molecule has 0 spiro atoms. The van der Waals surface area contributed by atoms with Crippen LogP contribution in [-0.4, -0.2) is 42.5 Å². The first-order chi connectivity index (χ1) is 15.2. The van der Waals surface area contributed by atoms with E-state index in [-0.39, 0.29) is 24.5 Å². The number of carbonyl (C=O) groups excluding carboxylic acids is 2. The number of nitrogens with one attached hydrogen (secondary N) is 1. The lowest BCUT2D eigenvalue weighted by molar-refractivity contribution is -0.142. The van der Waals surface area contributed by atoms with E-state index in [0.29, 0.717) is 18.2 Å². The van der Waals surface area contributed by atoms with E-state index in [0.717, 1.165) is 17.7 Å². The van der Waals surface area contributed by atoms with Crippen LogP contribution < -0.4 is 14.8 Å². The molecule has 0 aliphatic carbocycles. The molecule has 0 saturated carbocycles. The van der Waals surface area contributed by atoms with Crippen molar-refractivity contribution in [3.8, 4) is 11.5 Å². The number of hydrogen-bond acceptors (Lipinski definition) is 4. The molecule has 6 nitrogen and oxygen atoms in total. The van der Waals surface area contributed by atoms with Crippen LogP contribution in [0.15, 0.2) is 48.5 Å². The van der Waals surface area contributed by atoms with Gasteiger partial charge in [-0.15, -0.1) is 0 Å². The zero-order valence-electron chi connectivity index (χ0n) is 20.1. The highest BCUT2D eigenvalue weighted by molar-refractivity contribution is 5.88. The second-order valence-electron chi connectivity index (χ2n) is 8.38. The van der Waals surface area contributed by atoms with Gasteiger partial charge in [-0.05, 0) is 61.6 Å². The van der Waals surface area contributed by atoms with Crippen LogP contribution in [-0.2, 0) is 16.1 Å². The molecule has 2 aromatic carbocycles. The Labute approximate surface area is 191 Å². The lowest BCUT2D eigenvalue weighted by Gasteiger charge is -2.29. The van der Waals surface area contributed by atoms with Gasteiger partial charge in [0, 0.05) is 12.6 Å². The molecule has 0 aromatic heterocycles. The second kappa shape index (κ2) is 12.1. The largest absolute Gasteiger partial charge is 0.497 e. The predicted octanol–water partition coefficient (Wildman–Crippen LogP) is 4.53. The number of nitrogens with zero attached hydrogens (tertiary/aromatic N) is 1. The van der Waals surface area contributed by atoms with Gasteiger partial charge in [-0.1, -0.05) is 45.0 Å². The van der Waals surface area contributed by atoms with Crippen molar-refractivity contribution in [1.82, 2.24) is 10.2 Å². The van der Waals surface area contributed by atoms with Crippen molar-refractivity contribution in [2.75, 3.05) is 13.7 Å². The Balaban J connectivity index is 2.13. The molecule has 0 saturated heterocycles. The maximum Gasteiger partial charge on any atom is 0.261 e. The molecular weight excluding hydrogens is 404 g/mol. The molecule has 2 rings (SSSR count). The third kappa shape index (κ3) is 7.29. The summed E-state index contributed by atoms with van der Waals surface area (Å²) < 4.78 is 11.0. The smallest absolute Gasteiger partial charge is 0.261 e. The highest BCUT2D eigenvalue weighted by Crippen LogP contribution is 2.19. The van der Waals surface area contributed by atoms with Gasteiger partial charge >= 0.3 is 0 Å². The van der Waals surface area contributed by atoms with Crippen molar-refractivity contribution in [3.63, 3.8) is 0 Å². The fourth-order valence-corrected chi connectivity index (χ4v) is 3.15. The van der Waals surface area contributed by atoms with E-state index < -0.39 is 6.04 Å². The maximum absolute atomic E-state index is 13.1. The van der Waals surface area contributed by atoms with Crippen LogP contribution in [0.5, 0.6) is 11.5 Å². The van der Waals surface area contributed by atoms with Crippen LogP contribution in [0, 0.1) is 0 Å². The van der Waals surface area contributed by atoms with Crippen LogP contribution in [0.3, 0.4) is 0 Å². The van der Waals surface area contributed by atoms with Gasteiger partial charge < -0.3 is 19.7 Å². The summed E-state index contributed by atoms with van der Waals surface area (Å²) in [7, 11) is 1.61. The summed E-state index contributed by atoms with van der Waals surface area (Å²) in [4.78, 5) is 27.4. The summed E-state index contributed by atoms with van der Waals surface area (Å²) in [6.07, 6.45) is 0.820. The first-order valence-electron chi connectivity index (χ1n) is 11.2. The molecule has 2 amide bonds. The molecule has 174 valence electrons. The van der Waals surface area contributed by atoms with Crippen molar-refractivity contribution in [2.45, 2.75) is 65.6 Å². The number of rotatable bonds is 11. The summed E-state index contributed by atoms with van der Waals surface area (Å²) in [6.45, 7) is 10.1.